The summed E-state index contributed by atoms with van der Waals surface area (Å²) in [5.41, 5.74) is 0. The van der Waals surface area contributed by atoms with E-state index >= 15 is 0 Å². The molecule has 0 bridgehead atoms. The number of ether oxygens (including phenoxy) is 1. The molecule has 0 saturated carbocycles. The maximum Gasteiger partial charge on any atom is 0.0612 e. The molecule has 16 heavy (non-hydrogen) atoms. The van der Waals surface area contributed by atoms with E-state index in [2.05, 4.69) is 19.1 Å². The Labute approximate surface area is 101 Å². The van der Waals surface area contributed by atoms with E-state index in [9.17, 15) is 0 Å². The third-order valence-corrected chi connectivity index (χ3v) is 3.32. The van der Waals surface area contributed by atoms with Crippen molar-refractivity contribution < 1.29 is 4.74 Å². The Bertz CT molecular complexity index is 174. The fraction of sp³-hybridized carbons (Fsp3) is 0.867. The summed E-state index contributed by atoms with van der Waals surface area (Å²) in [6.45, 7) is 3.25. The number of rotatable bonds is 9. The molecule has 0 radical (unpaired) electrons. The first-order valence-corrected chi connectivity index (χ1v) is 7.20. The van der Waals surface area contributed by atoms with Crippen molar-refractivity contribution in [3.63, 3.8) is 0 Å². The van der Waals surface area contributed by atoms with E-state index in [-0.39, 0.29) is 0 Å². The van der Waals surface area contributed by atoms with Crippen molar-refractivity contribution in [1.29, 1.82) is 0 Å². The molecule has 1 atom stereocenters. The molecule has 0 saturated heterocycles. The van der Waals surface area contributed by atoms with Gasteiger partial charge in [-0.2, -0.15) is 0 Å². The van der Waals surface area contributed by atoms with Crippen LogP contribution < -0.4 is 0 Å². The maximum absolute atomic E-state index is 5.86. The molecule has 0 N–H and O–H groups in total. The maximum atomic E-state index is 5.86. The van der Waals surface area contributed by atoms with Crippen LogP contribution in [0.15, 0.2) is 12.2 Å². The highest BCUT2D eigenvalue weighted by Crippen LogP contribution is 2.15. The highest BCUT2D eigenvalue weighted by atomic mass is 16.5. The second-order valence-electron chi connectivity index (χ2n) is 4.90. The van der Waals surface area contributed by atoms with Crippen molar-refractivity contribution in [3.05, 3.63) is 12.2 Å². The average molecular weight is 224 g/mol. The average Bonchev–Trinajstić information content (AvgIpc) is 2.34. The van der Waals surface area contributed by atoms with E-state index in [1.165, 1.54) is 57.8 Å². The monoisotopic (exact) mass is 224 g/mol. The van der Waals surface area contributed by atoms with Crippen molar-refractivity contribution in [1.82, 2.24) is 0 Å². The smallest absolute Gasteiger partial charge is 0.0612 e. The van der Waals surface area contributed by atoms with Gasteiger partial charge in [-0.15, -0.1) is 0 Å². The van der Waals surface area contributed by atoms with E-state index in [0.717, 1.165) is 13.0 Å². The van der Waals surface area contributed by atoms with Gasteiger partial charge in [0.05, 0.1) is 6.10 Å². The molecule has 1 heteroatoms. The first kappa shape index (κ1) is 13.8. The fourth-order valence-corrected chi connectivity index (χ4v) is 2.23. The Morgan fingerprint density at radius 3 is 2.44 bits per heavy atom. The predicted octanol–water partition coefficient (Wildman–Crippen LogP) is 4.86. The summed E-state index contributed by atoms with van der Waals surface area (Å²) in [5.74, 6) is 0. The Hall–Kier alpha value is -0.300. The van der Waals surface area contributed by atoms with Gasteiger partial charge in [-0.3, -0.25) is 0 Å². The molecule has 0 spiro atoms. The van der Waals surface area contributed by atoms with Crippen LogP contribution in [0.5, 0.6) is 0 Å². The van der Waals surface area contributed by atoms with Crippen molar-refractivity contribution in [2.75, 3.05) is 6.61 Å². The summed E-state index contributed by atoms with van der Waals surface area (Å²) < 4.78 is 5.86. The quantitative estimate of drug-likeness (QED) is 0.401. The number of allylic oxidation sites excluding steroid dienone is 1. The van der Waals surface area contributed by atoms with Crippen LogP contribution in [-0.4, -0.2) is 12.7 Å². The second-order valence-corrected chi connectivity index (χ2v) is 4.90. The van der Waals surface area contributed by atoms with Gasteiger partial charge < -0.3 is 4.74 Å². The van der Waals surface area contributed by atoms with Gasteiger partial charge >= 0.3 is 0 Å². The molecule has 0 aromatic heterocycles. The van der Waals surface area contributed by atoms with Gasteiger partial charge in [-0.25, -0.2) is 0 Å². The summed E-state index contributed by atoms with van der Waals surface area (Å²) in [5, 5.41) is 0. The number of unbranched alkanes of at least 4 members (excludes halogenated alkanes) is 6. The van der Waals surface area contributed by atoms with Crippen molar-refractivity contribution >= 4 is 0 Å². The molecule has 0 aliphatic heterocycles. The number of hydrogen-bond acceptors (Lipinski definition) is 1. The van der Waals surface area contributed by atoms with Gasteiger partial charge in [0.2, 0.25) is 0 Å². The third-order valence-electron chi connectivity index (χ3n) is 3.32. The van der Waals surface area contributed by atoms with Gasteiger partial charge in [0.15, 0.2) is 0 Å². The summed E-state index contributed by atoms with van der Waals surface area (Å²) in [4.78, 5) is 0. The summed E-state index contributed by atoms with van der Waals surface area (Å²) in [7, 11) is 0. The van der Waals surface area contributed by atoms with Crippen LogP contribution in [0.4, 0.5) is 0 Å². The van der Waals surface area contributed by atoms with Gasteiger partial charge in [0, 0.05) is 6.61 Å². The lowest BCUT2D eigenvalue weighted by Crippen LogP contribution is -2.14. The van der Waals surface area contributed by atoms with Crippen LogP contribution in [0.3, 0.4) is 0 Å². The van der Waals surface area contributed by atoms with E-state index in [4.69, 9.17) is 4.74 Å². The Balaban J connectivity index is 1.79. The first-order valence-electron chi connectivity index (χ1n) is 7.20. The minimum atomic E-state index is 0.519. The Morgan fingerprint density at radius 1 is 1.00 bits per heavy atom. The molecule has 1 nitrogen and oxygen atoms in total. The van der Waals surface area contributed by atoms with Crippen LogP contribution in [0.1, 0.15) is 71.1 Å². The standard InChI is InChI=1S/C15H28O/c1-2-3-4-5-6-7-11-14-16-15-12-9-8-10-13-15/h8-9,15H,2-7,10-14H2,1H3. The largest absolute Gasteiger partial charge is 0.378 e. The van der Waals surface area contributed by atoms with E-state index < -0.39 is 0 Å². The third kappa shape index (κ3) is 7.05. The summed E-state index contributed by atoms with van der Waals surface area (Å²) in [6.07, 6.45) is 18.2. The molecule has 1 rings (SSSR count). The molecule has 1 aliphatic rings. The fourth-order valence-electron chi connectivity index (χ4n) is 2.23. The lowest BCUT2D eigenvalue weighted by Gasteiger charge is -2.18. The Morgan fingerprint density at radius 2 is 1.75 bits per heavy atom. The zero-order valence-electron chi connectivity index (χ0n) is 10.9. The topological polar surface area (TPSA) is 9.23 Å². The molecule has 1 unspecified atom stereocenters. The molecule has 1 aliphatic carbocycles. The molecule has 0 amide bonds. The van der Waals surface area contributed by atoms with Crippen molar-refractivity contribution in [2.24, 2.45) is 0 Å². The second kappa shape index (κ2) is 9.89. The van der Waals surface area contributed by atoms with E-state index in [1.54, 1.807) is 0 Å². The van der Waals surface area contributed by atoms with Gasteiger partial charge in [-0.1, -0.05) is 57.6 Å². The number of hydrogen-bond donors (Lipinski definition) is 0. The lowest BCUT2D eigenvalue weighted by atomic mass is 10.0. The van der Waals surface area contributed by atoms with E-state index in [1.807, 2.05) is 0 Å². The molecular formula is C15H28O. The minimum Gasteiger partial charge on any atom is -0.378 e. The highest BCUT2D eigenvalue weighted by molar-refractivity contribution is 4.90. The normalized spacial score (nSPS) is 20.2. The lowest BCUT2D eigenvalue weighted by molar-refractivity contribution is 0.0450. The van der Waals surface area contributed by atoms with Crippen LogP contribution in [0, 0.1) is 0 Å². The highest BCUT2D eigenvalue weighted by Gasteiger charge is 2.08. The first-order chi connectivity index (χ1) is 7.93. The zero-order valence-corrected chi connectivity index (χ0v) is 10.9. The minimum absolute atomic E-state index is 0.519. The molecule has 94 valence electrons. The van der Waals surface area contributed by atoms with Crippen molar-refractivity contribution in [3.8, 4) is 0 Å². The van der Waals surface area contributed by atoms with Crippen LogP contribution >= 0.6 is 0 Å². The van der Waals surface area contributed by atoms with Crippen molar-refractivity contribution in [2.45, 2.75) is 77.2 Å². The predicted molar refractivity (Wildman–Crippen MR) is 70.7 cm³/mol. The van der Waals surface area contributed by atoms with Crippen LogP contribution in [0.2, 0.25) is 0 Å². The Kier molecular flexibility index (Phi) is 8.51. The van der Waals surface area contributed by atoms with Crippen LogP contribution in [0.25, 0.3) is 0 Å². The molecule has 0 heterocycles. The van der Waals surface area contributed by atoms with Gasteiger partial charge in [0.25, 0.3) is 0 Å². The molecular weight excluding hydrogens is 196 g/mol. The van der Waals surface area contributed by atoms with E-state index in [0.29, 0.717) is 6.10 Å². The molecule has 0 aromatic carbocycles. The van der Waals surface area contributed by atoms with Gasteiger partial charge in [-0.05, 0) is 25.7 Å². The summed E-state index contributed by atoms with van der Waals surface area (Å²) in [6, 6.07) is 0. The SMILES string of the molecule is CCCCCCCCCOC1CC=CCC1. The van der Waals surface area contributed by atoms with Crippen LogP contribution in [-0.2, 0) is 4.74 Å². The molecule has 0 fully saturated rings. The summed E-state index contributed by atoms with van der Waals surface area (Å²) >= 11 is 0. The molecule has 0 aromatic rings. The van der Waals surface area contributed by atoms with Gasteiger partial charge in [0.1, 0.15) is 0 Å². The zero-order chi connectivity index (χ0) is 11.5.